The lowest BCUT2D eigenvalue weighted by Gasteiger charge is -2.37. The van der Waals surface area contributed by atoms with Crippen molar-refractivity contribution in [3.05, 3.63) is 136 Å². The van der Waals surface area contributed by atoms with Crippen molar-refractivity contribution in [2.24, 2.45) is 5.92 Å². The molecule has 0 aromatic heterocycles. The van der Waals surface area contributed by atoms with Gasteiger partial charge in [-0.1, -0.05) is 110 Å². The quantitative estimate of drug-likeness (QED) is 0.249. The van der Waals surface area contributed by atoms with E-state index in [0.29, 0.717) is 21.8 Å². The first-order chi connectivity index (χ1) is 20.4. The largest absolute Gasteiger partial charge is 0.352 e. The van der Waals surface area contributed by atoms with Gasteiger partial charge in [-0.3, -0.25) is 14.4 Å². The Balaban J connectivity index is 1.50. The minimum atomic E-state index is -1.33. The smallest absolute Gasteiger partial charge is 0.238 e. The number of aryl methyl sites for hydroxylation is 1. The molecule has 3 heterocycles. The maximum atomic E-state index is 14.9. The zero-order valence-corrected chi connectivity index (χ0v) is 23.8. The maximum Gasteiger partial charge on any atom is 0.238 e. The number of carbonyl (C=O) groups excluding carboxylic acids is 3. The van der Waals surface area contributed by atoms with Gasteiger partial charge in [0.25, 0.3) is 0 Å². The fraction of sp³-hybridized carbons (Fsp3) is 0.194. The highest BCUT2D eigenvalue weighted by atomic mass is 35.5. The zero-order chi connectivity index (χ0) is 29.0. The van der Waals surface area contributed by atoms with Crippen molar-refractivity contribution >= 4 is 46.5 Å². The molecule has 0 aliphatic carbocycles. The van der Waals surface area contributed by atoms with E-state index in [4.69, 9.17) is 11.6 Å². The van der Waals surface area contributed by atoms with Crippen LogP contribution in [0.1, 0.15) is 50.8 Å². The number of anilines is 2. The summed E-state index contributed by atoms with van der Waals surface area (Å²) < 4.78 is 0. The molecule has 1 fully saturated rings. The zero-order valence-electron chi connectivity index (χ0n) is 23.1. The average Bonchev–Trinajstić information content (AvgIpc) is 3.49. The molecule has 5 nitrogen and oxygen atoms in total. The van der Waals surface area contributed by atoms with Crippen LogP contribution in [0, 0.1) is 5.92 Å². The number of halogens is 1. The second kappa shape index (κ2) is 10.1. The molecule has 208 valence electrons. The topological polar surface area (TPSA) is 66.5 Å². The first-order valence-electron chi connectivity index (χ1n) is 14.3. The van der Waals surface area contributed by atoms with E-state index in [9.17, 15) is 14.4 Å². The lowest BCUT2D eigenvalue weighted by molar-refractivity contribution is -0.121. The first-order valence-corrected chi connectivity index (χ1v) is 14.7. The van der Waals surface area contributed by atoms with Gasteiger partial charge in [-0.2, -0.15) is 0 Å². The molecule has 1 saturated heterocycles. The van der Waals surface area contributed by atoms with Crippen LogP contribution < -0.4 is 10.2 Å². The number of amides is 1. The molecule has 4 atom stereocenters. The van der Waals surface area contributed by atoms with Gasteiger partial charge in [0.1, 0.15) is 11.5 Å². The molecule has 4 aromatic carbocycles. The summed E-state index contributed by atoms with van der Waals surface area (Å²) in [7, 11) is 0. The van der Waals surface area contributed by atoms with Gasteiger partial charge in [-0.25, -0.2) is 0 Å². The molecule has 0 radical (unpaired) electrons. The number of ketones is 2. The number of nitrogens with one attached hydrogen (secondary N) is 1. The fourth-order valence-corrected chi connectivity index (χ4v) is 7.41. The molecular formula is C36H29ClN2O3. The predicted octanol–water partition coefficient (Wildman–Crippen LogP) is 7.15. The molecule has 0 saturated carbocycles. The van der Waals surface area contributed by atoms with Crippen LogP contribution in [0.25, 0.3) is 6.08 Å². The summed E-state index contributed by atoms with van der Waals surface area (Å²) in [6, 6.07) is 28.2. The van der Waals surface area contributed by atoms with E-state index in [2.05, 4.69) is 12.2 Å². The predicted molar refractivity (Wildman–Crippen MR) is 166 cm³/mol. The van der Waals surface area contributed by atoms with Crippen molar-refractivity contribution in [3.63, 3.8) is 0 Å². The molecule has 4 aromatic rings. The van der Waals surface area contributed by atoms with E-state index in [0.717, 1.165) is 35.2 Å². The molecular weight excluding hydrogens is 544 g/mol. The number of para-hydroxylation sites is 1. The summed E-state index contributed by atoms with van der Waals surface area (Å²) in [5, 5.41) is 3.64. The van der Waals surface area contributed by atoms with Gasteiger partial charge in [-0.05, 0) is 47.4 Å². The van der Waals surface area contributed by atoms with Crippen molar-refractivity contribution in [2.75, 3.05) is 10.2 Å². The molecule has 7 rings (SSSR count). The normalized spacial score (nSPS) is 23.3. The van der Waals surface area contributed by atoms with Gasteiger partial charge >= 0.3 is 0 Å². The monoisotopic (exact) mass is 572 g/mol. The Kier molecular flexibility index (Phi) is 6.36. The van der Waals surface area contributed by atoms with Gasteiger partial charge in [-0.15, -0.1) is 0 Å². The summed E-state index contributed by atoms with van der Waals surface area (Å²) >= 11 is 6.38. The molecule has 3 aliphatic rings. The molecule has 42 heavy (non-hydrogen) atoms. The Bertz CT molecular complexity index is 1760. The second-order valence-electron chi connectivity index (χ2n) is 11.2. The number of rotatable bonds is 6. The molecule has 0 unspecified atom stereocenters. The highest BCUT2D eigenvalue weighted by Gasteiger charge is 2.70. The standard InChI is InChI=1S/C36H29ClN2O3/c1-2-8-22-13-15-24(16-14-22)33(40)31-32(34(41)23-9-4-3-5-10-23)39-29-19-18-26(37)21-25(29)17-20-30(39)36(31)27-11-6-7-12-28(27)38-35(36)42/h3-7,9-21,30-32H,2,8H2,1H3,(H,38,42)/t30-,31+,32-,36-/m1/s1. The van der Waals surface area contributed by atoms with E-state index in [-0.39, 0.29) is 17.5 Å². The van der Waals surface area contributed by atoms with Crippen molar-refractivity contribution in [3.8, 4) is 0 Å². The third-order valence-electron chi connectivity index (χ3n) is 8.98. The summed E-state index contributed by atoms with van der Waals surface area (Å²) in [4.78, 5) is 45.9. The Hall–Kier alpha value is -4.48. The lowest BCUT2D eigenvalue weighted by Crippen LogP contribution is -2.51. The number of Topliss-reactive ketones (excluding diaryl/α,β-unsaturated/α-hetero) is 2. The van der Waals surface area contributed by atoms with E-state index in [1.54, 1.807) is 18.2 Å². The molecule has 0 bridgehead atoms. The Morgan fingerprint density at radius 1 is 0.881 bits per heavy atom. The van der Waals surface area contributed by atoms with Gasteiger partial charge in [0, 0.05) is 27.5 Å². The van der Waals surface area contributed by atoms with Gasteiger partial charge in [0.05, 0.1) is 12.0 Å². The van der Waals surface area contributed by atoms with Crippen molar-refractivity contribution < 1.29 is 14.4 Å². The van der Waals surface area contributed by atoms with E-state index < -0.39 is 23.4 Å². The first kappa shape index (κ1) is 26.4. The minimum Gasteiger partial charge on any atom is -0.352 e. The summed E-state index contributed by atoms with van der Waals surface area (Å²) in [5.41, 5.74) is 3.79. The third-order valence-corrected chi connectivity index (χ3v) is 9.22. The molecule has 1 N–H and O–H groups in total. The molecule has 1 amide bonds. The summed E-state index contributed by atoms with van der Waals surface area (Å²) in [5.74, 6) is -1.70. The van der Waals surface area contributed by atoms with Crippen molar-refractivity contribution in [1.29, 1.82) is 0 Å². The number of nitrogens with zero attached hydrogens (tertiary/aromatic N) is 1. The van der Waals surface area contributed by atoms with Crippen LogP contribution in [0.3, 0.4) is 0 Å². The van der Waals surface area contributed by atoms with Crippen molar-refractivity contribution in [2.45, 2.75) is 37.3 Å². The van der Waals surface area contributed by atoms with Crippen LogP contribution in [0.5, 0.6) is 0 Å². The summed E-state index contributed by atoms with van der Waals surface area (Å²) in [6.07, 6.45) is 5.82. The van der Waals surface area contributed by atoms with Crippen LogP contribution >= 0.6 is 11.6 Å². The van der Waals surface area contributed by atoms with Crippen LogP contribution in [0.15, 0.2) is 103 Å². The Labute approximate surface area is 249 Å². The average molecular weight is 573 g/mol. The SMILES string of the molecule is CCCc1ccc(C(=O)[C@@H]2[C@H](C(=O)c3ccccc3)N3c4ccc(Cl)cc4C=C[C@@H]3[C@@]23C(=O)Nc2ccccc23)cc1. The number of benzene rings is 4. The third kappa shape index (κ3) is 3.80. The Morgan fingerprint density at radius 3 is 2.36 bits per heavy atom. The summed E-state index contributed by atoms with van der Waals surface area (Å²) in [6.45, 7) is 2.12. The maximum absolute atomic E-state index is 14.9. The second-order valence-corrected chi connectivity index (χ2v) is 11.7. The van der Waals surface area contributed by atoms with Gasteiger partial charge in [0.2, 0.25) is 5.91 Å². The van der Waals surface area contributed by atoms with Gasteiger partial charge in [0.15, 0.2) is 11.6 Å². The number of hydrogen-bond donors (Lipinski definition) is 1. The molecule has 6 heteroatoms. The molecule has 1 spiro atoms. The highest BCUT2D eigenvalue weighted by Crippen LogP contribution is 2.58. The van der Waals surface area contributed by atoms with E-state index >= 15 is 0 Å². The number of fused-ring (bicyclic) bond motifs is 6. The lowest BCUT2D eigenvalue weighted by atomic mass is 9.64. The van der Waals surface area contributed by atoms with Crippen molar-refractivity contribution in [1.82, 2.24) is 0 Å². The number of hydrogen-bond acceptors (Lipinski definition) is 4. The number of carbonyl (C=O) groups is 3. The van der Waals surface area contributed by atoms with E-state index in [1.807, 2.05) is 95.9 Å². The van der Waals surface area contributed by atoms with Crippen LogP contribution in [-0.4, -0.2) is 29.6 Å². The van der Waals surface area contributed by atoms with E-state index in [1.165, 1.54) is 0 Å². The van der Waals surface area contributed by atoms with Crippen LogP contribution in [0.2, 0.25) is 5.02 Å². The highest BCUT2D eigenvalue weighted by molar-refractivity contribution is 6.31. The molecule has 3 aliphatic heterocycles. The fourth-order valence-electron chi connectivity index (χ4n) is 7.23. The van der Waals surface area contributed by atoms with Gasteiger partial charge < -0.3 is 10.2 Å². The Morgan fingerprint density at radius 2 is 1.60 bits per heavy atom. The van der Waals surface area contributed by atoms with Crippen LogP contribution in [-0.2, 0) is 16.6 Å². The minimum absolute atomic E-state index is 0.202. The van der Waals surface area contributed by atoms with Crippen LogP contribution in [0.4, 0.5) is 11.4 Å².